The van der Waals surface area contributed by atoms with Gasteiger partial charge in [0.1, 0.15) is 5.82 Å². The second kappa shape index (κ2) is 5.44. The molecule has 4 rings (SSSR count). The summed E-state index contributed by atoms with van der Waals surface area (Å²) in [5.41, 5.74) is 0.552. The number of nitrogens with zero attached hydrogens (tertiary/aromatic N) is 3. The van der Waals surface area contributed by atoms with Crippen molar-refractivity contribution in [1.82, 2.24) is 14.7 Å². The predicted octanol–water partition coefficient (Wildman–Crippen LogP) is 2.97. The summed E-state index contributed by atoms with van der Waals surface area (Å²) in [6.45, 7) is 2.39. The van der Waals surface area contributed by atoms with Gasteiger partial charge in [0.05, 0.1) is 16.1 Å². The summed E-state index contributed by atoms with van der Waals surface area (Å²) in [5, 5.41) is 4.26. The van der Waals surface area contributed by atoms with Gasteiger partial charge < -0.3 is 4.90 Å². The second-order valence-electron chi connectivity index (χ2n) is 6.55. The Morgan fingerprint density at radius 1 is 1.30 bits per heavy atom. The third-order valence-corrected chi connectivity index (χ3v) is 5.26. The van der Waals surface area contributed by atoms with Crippen LogP contribution < -0.4 is 0 Å². The molecule has 1 saturated carbocycles. The molecule has 4 nitrogen and oxygen atoms in total. The first-order chi connectivity index (χ1) is 11.1. The van der Waals surface area contributed by atoms with E-state index in [-0.39, 0.29) is 11.7 Å². The molecule has 0 N–H and O–H groups in total. The van der Waals surface area contributed by atoms with Crippen LogP contribution in [0.3, 0.4) is 0 Å². The molecule has 1 amide bonds. The van der Waals surface area contributed by atoms with Crippen LogP contribution in [0.25, 0.3) is 0 Å². The first kappa shape index (κ1) is 14.9. The Morgan fingerprint density at radius 2 is 2.00 bits per heavy atom. The summed E-state index contributed by atoms with van der Waals surface area (Å²) < 4.78 is 16.0. The molecule has 0 unspecified atom stereocenters. The van der Waals surface area contributed by atoms with Crippen LogP contribution in [-0.2, 0) is 16.8 Å². The summed E-state index contributed by atoms with van der Waals surface area (Å²) in [4.78, 5) is 14.7. The lowest BCUT2D eigenvalue weighted by atomic mass is 9.90. The minimum Gasteiger partial charge on any atom is -0.341 e. The van der Waals surface area contributed by atoms with E-state index in [1.54, 1.807) is 18.3 Å². The Balaban J connectivity index is 1.38. The highest BCUT2D eigenvalue weighted by Crippen LogP contribution is 2.50. The Labute approximate surface area is 142 Å². The summed E-state index contributed by atoms with van der Waals surface area (Å²) >= 11 is 3.39. The maximum Gasteiger partial charge on any atom is 0.233 e. The largest absolute Gasteiger partial charge is 0.341 e. The highest BCUT2D eigenvalue weighted by atomic mass is 79.9. The summed E-state index contributed by atoms with van der Waals surface area (Å²) in [5.74, 6) is 0.392. The SMILES string of the molecule is O=C(N1CC(Cn2cc(Br)cn2)C1)C1(c2ccc(F)cc2)CC1. The normalized spacial score (nSPS) is 19.5. The molecule has 6 heteroatoms. The molecule has 0 atom stereocenters. The van der Waals surface area contributed by atoms with Crippen LogP contribution in [0, 0.1) is 11.7 Å². The van der Waals surface area contributed by atoms with Crippen molar-refractivity contribution in [1.29, 1.82) is 0 Å². The van der Waals surface area contributed by atoms with Gasteiger partial charge in [0.2, 0.25) is 5.91 Å². The van der Waals surface area contributed by atoms with Gasteiger partial charge in [-0.25, -0.2) is 4.39 Å². The number of likely N-dealkylation sites (tertiary alicyclic amines) is 1. The van der Waals surface area contributed by atoms with Crippen molar-refractivity contribution in [3.8, 4) is 0 Å². The lowest BCUT2D eigenvalue weighted by molar-refractivity contribution is -0.140. The van der Waals surface area contributed by atoms with Gasteiger partial charge in [0.25, 0.3) is 0 Å². The maximum atomic E-state index is 13.1. The number of aromatic nitrogens is 2. The molecular weight excluding hydrogens is 361 g/mol. The van der Waals surface area contributed by atoms with E-state index in [1.165, 1.54) is 12.1 Å². The zero-order chi connectivity index (χ0) is 16.0. The van der Waals surface area contributed by atoms with Gasteiger partial charge in [-0.3, -0.25) is 9.48 Å². The van der Waals surface area contributed by atoms with Gasteiger partial charge >= 0.3 is 0 Å². The number of hydrogen-bond donors (Lipinski definition) is 0. The highest BCUT2D eigenvalue weighted by molar-refractivity contribution is 9.10. The van der Waals surface area contributed by atoms with E-state index in [4.69, 9.17) is 0 Å². The zero-order valence-corrected chi connectivity index (χ0v) is 14.2. The molecule has 1 aliphatic carbocycles. The fraction of sp³-hybridized carbons (Fsp3) is 0.412. The minimum absolute atomic E-state index is 0.196. The number of hydrogen-bond acceptors (Lipinski definition) is 2. The number of carbonyl (C=O) groups excluding carboxylic acids is 1. The first-order valence-electron chi connectivity index (χ1n) is 7.80. The molecule has 0 radical (unpaired) electrons. The molecule has 1 aromatic heterocycles. The first-order valence-corrected chi connectivity index (χ1v) is 8.59. The van der Waals surface area contributed by atoms with Crippen LogP contribution in [0.4, 0.5) is 4.39 Å². The molecule has 2 aromatic rings. The molecule has 2 fully saturated rings. The van der Waals surface area contributed by atoms with Crippen LogP contribution in [0.5, 0.6) is 0 Å². The van der Waals surface area contributed by atoms with E-state index in [1.807, 2.05) is 15.8 Å². The summed E-state index contributed by atoms with van der Waals surface area (Å²) in [6.07, 6.45) is 5.45. The highest BCUT2D eigenvalue weighted by Gasteiger charge is 2.54. The molecular formula is C17H17BrFN3O. The third-order valence-electron chi connectivity index (χ3n) is 4.85. The van der Waals surface area contributed by atoms with E-state index in [0.717, 1.165) is 42.5 Å². The average molecular weight is 378 g/mol. The monoisotopic (exact) mass is 377 g/mol. The van der Waals surface area contributed by atoms with Crippen LogP contribution in [0.15, 0.2) is 41.1 Å². The second-order valence-corrected chi connectivity index (χ2v) is 7.46. The molecule has 23 heavy (non-hydrogen) atoms. The quantitative estimate of drug-likeness (QED) is 0.821. The fourth-order valence-corrected chi connectivity index (χ4v) is 3.70. The van der Waals surface area contributed by atoms with Gasteiger partial charge in [0.15, 0.2) is 0 Å². The van der Waals surface area contributed by atoms with E-state index in [2.05, 4.69) is 21.0 Å². The Hall–Kier alpha value is -1.69. The fourth-order valence-electron chi connectivity index (χ4n) is 3.38. The Kier molecular flexibility index (Phi) is 3.52. The summed E-state index contributed by atoms with van der Waals surface area (Å²) in [6, 6.07) is 6.38. The minimum atomic E-state index is -0.395. The number of halogens is 2. The van der Waals surface area contributed by atoms with Crippen molar-refractivity contribution in [2.24, 2.45) is 5.92 Å². The summed E-state index contributed by atoms with van der Waals surface area (Å²) in [7, 11) is 0. The van der Waals surface area contributed by atoms with Crippen molar-refractivity contribution in [2.75, 3.05) is 13.1 Å². The molecule has 2 heterocycles. The molecule has 1 aliphatic heterocycles. The van der Waals surface area contributed by atoms with Crippen molar-refractivity contribution < 1.29 is 9.18 Å². The van der Waals surface area contributed by atoms with E-state index >= 15 is 0 Å². The molecule has 2 aliphatic rings. The van der Waals surface area contributed by atoms with Crippen molar-refractivity contribution in [2.45, 2.75) is 24.8 Å². The van der Waals surface area contributed by atoms with Gasteiger partial charge in [-0.1, -0.05) is 12.1 Å². The zero-order valence-electron chi connectivity index (χ0n) is 12.6. The molecule has 1 aromatic carbocycles. The van der Waals surface area contributed by atoms with Crippen molar-refractivity contribution in [3.05, 3.63) is 52.5 Å². The molecule has 0 bridgehead atoms. The Bertz CT molecular complexity index is 733. The topological polar surface area (TPSA) is 38.1 Å². The molecule has 0 spiro atoms. The number of amides is 1. The average Bonchev–Trinajstić information content (AvgIpc) is 3.20. The number of carbonyl (C=O) groups is 1. The van der Waals surface area contributed by atoms with Gasteiger partial charge in [0, 0.05) is 31.7 Å². The molecule has 1 saturated heterocycles. The lowest BCUT2D eigenvalue weighted by Crippen LogP contribution is -2.54. The van der Waals surface area contributed by atoms with Gasteiger partial charge in [-0.15, -0.1) is 0 Å². The van der Waals surface area contributed by atoms with Gasteiger partial charge in [-0.2, -0.15) is 5.10 Å². The van der Waals surface area contributed by atoms with E-state index in [0.29, 0.717) is 5.92 Å². The van der Waals surface area contributed by atoms with E-state index < -0.39 is 5.41 Å². The predicted molar refractivity (Wildman–Crippen MR) is 87.3 cm³/mol. The lowest BCUT2D eigenvalue weighted by Gasteiger charge is -2.41. The molecule has 120 valence electrons. The van der Waals surface area contributed by atoms with Gasteiger partial charge in [-0.05, 0) is 46.5 Å². The van der Waals surface area contributed by atoms with Crippen molar-refractivity contribution in [3.63, 3.8) is 0 Å². The van der Waals surface area contributed by atoms with E-state index in [9.17, 15) is 9.18 Å². The van der Waals surface area contributed by atoms with Crippen LogP contribution >= 0.6 is 15.9 Å². The third kappa shape index (κ3) is 2.69. The van der Waals surface area contributed by atoms with Crippen LogP contribution in [0.2, 0.25) is 0 Å². The van der Waals surface area contributed by atoms with Crippen molar-refractivity contribution >= 4 is 21.8 Å². The van der Waals surface area contributed by atoms with Crippen LogP contribution in [0.1, 0.15) is 18.4 Å². The number of benzene rings is 1. The maximum absolute atomic E-state index is 13.1. The number of rotatable bonds is 4. The smallest absolute Gasteiger partial charge is 0.233 e. The Morgan fingerprint density at radius 3 is 2.57 bits per heavy atom. The standard InChI is InChI=1S/C17H17BrFN3O/c18-14-7-20-22(11-14)10-12-8-21(9-12)16(23)17(5-6-17)13-1-3-15(19)4-2-13/h1-4,7,11-12H,5-6,8-10H2. The van der Waals surface area contributed by atoms with Crippen LogP contribution in [-0.4, -0.2) is 33.7 Å².